The molecule has 0 radical (unpaired) electrons. The zero-order chi connectivity index (χ0) is 14.0. The molecule has 19 heavy (non-hydrogen) atoms. The highest BCUT2D eigenvalue weighted by molar-refractivity contribution is 9.10. The molecule has 2 aromatic rings. The number of rotatable bonds is 4. The molecular formula is C12H14BrN3O2S. The van der Waals surface area contributed by atoms with E-state index in [2.05, 4.69) is 25.8 Å². The van der Waals surface area contributed by atoms with E-state index in [4.69, 9.17) is 0 Å². The summed E-state index contributed by atoms with van der Waals surface area (Å²) >= 11 is 3.37. The third kappa shape index (κ3) is 3.23. The van der Waals surface area contributed by atoms with Gasteiger partial charge in [0.15, 0.2) is 5.03 Å². The molecule has 0 saturated heterocycles. The molecule has 1 aromatic carbocycles. The molecular weight excluding hydrogens is 330 g/mol. The lowest BCUT2D eigenvalue weighted by molar-refractivity contribution is 0.550. The van der Waals surface area contributed by atoms with Gasteiger partial charge in [0.05, 0.1) is 6.20 Å². The van der Waals surface area contributed by atoms with E-state index in [0.717, 1.165) is 10.0 Å². The number of halogens is 1. The number of hydrogen-bond donors (Lipinski definition) is 1. The van der Waals surface area contributed by atoms with Crippen LogP contribution in [0.3, 0.4) is 0 Å². The SMILES string of the molecule is CC(NS(=O)(=O)c1ccnn1C)c1cccc(Br)c1. The molecule has 0 fully saturated rings. The van der Waals surface area contributed by atoms with Gasteiger partial charge in [0.1, 0.15) is 0 Å². The molecule has 0 aliphatic heterocycles. The van der Waals surface area contributed by atoms with Crippen LogP contribution in [0.1, 0.15) is 18.5 Å². The number of aromatic nitrogens is 2. The van der Waals surface area contributed by atoms with Gasteiger partial charge in [-0.1, -0.05) is 28.1 Å². The first-order chi connectivity index (χ1) is 8.90. The molecule has 1 N–H and O–H groups in total. The summed E-state index contributed by atoms with van der Waals surface area (Å²) in [4.78, 5) is 0. The second-order valence-corrected chi connectivity index (χ2v) is 6.77. The van der Waals surface area contributed by atoms with Crippen LogP contribution in [-0.2, 0) is 17.1 Å². The molecule has 1 unspecified atom stereocenters. The molecule has 1 aromatic heterocycles. The van der Waals surface area contributed by atoms with Crippen LogP contribution in [0.4, 0.5) is 0 Å². The van der Waals surface area contributed by atoms with Crippen LogP contribution in [0, 0.1) is 0 Å². The normalized spacial score (nSPS) is 13.4. The van der Waals surface area contributed by atoms with Crippen molar-refractivity contribution >= 4 is 26.0 Å². The van der Waals surface area contributed by atoms with Crippen LogP contribution in [0.25, 0.3) is 0 Å². The average Bonchev–Trinajstić information content (AvgIpc) is 2.75. The Kier molecular flexibility index (Phi) is 4.07. The van der Waals surface area contributed by atoms with Crippen molar-refractivity contribution in [2.75, 3.05) is 0 Å². The van der Waals surface area contributed by atoms with Crippen molar-refractivity contribution in [3.05, 3.63) is 46.6 Å². The lowest BCUT2D eigenvalue weighted by atomic mass is 10.1. The Labute approximate surface area is 120 Å². The first kappa shape index (κ1) is 14.2. The van der Waals surface area contributed by atoms with Crippen molar-refractivity contribution in [2.45, 2.75) is 18.0 Å². The van der Waals surface area contributed by atoms with Crippen LogP contribution in [0.5, 0.6) is 0 Å². The van der Waals surface area contributed by atoms with Gasteiger partial charge in [0.2, 0.25) is 0 Å². The first-order valence-electron chi connectivity index (χ1n) is 5.66. The minimum absolute atomic E-state index is 0.148. The van der Waals surface area contributed by atoms with E-state index in [1.165, 1.54) is 16.9 Å². The van der Waals surface area contributed by atoms with E-state index in [9.17, 15) is 8.42 Å². The van der Waals surface area contributed by atoms with Crippen LogP contribution >= 0.6 is 15.9 Å². The van der Waals surface area contributed by atoms with Crippen molar-refractivity contribution in [3.8, 4) is 0 Å². The number of benzene rings is 1. The smallest absolute Gasteiger partial charge is 0.256 e. The van der Waals surface area contributed by atoms with Crippen molar-refractivity contribution in [3.63, 3.8) is 0 Å². The van der Waals surface area contributed by atoms with E-state index in [1.54, 1.807) is 14.0 Å². The van der Waals surface area contributed by atoms with Crippen molar-refractivity contribution in [2.24, 2.45) is 7.05 Å². The van der Waals surface area contributed by atoms with Crippen molar-refractivity contribution in [1.29, 1.82) is 0 Å². The molecule has 0 saturated carbocycles. The molecule has 0 amide bonds. The summed E-state index contributed by atoms with van der Waals surface area (Å²) in [5.41, 5.74) is 0.889. The largest absolute Gasteiger partial charge is 0.258 e. The molecule has 2 rings (SSSR count). The summed E-state index contributed by atoms with van der Waals surface area (Å²) in [6, 6.07) is 8.67. The number of aryl methyl sites for hydroxylation is 1. The number of hydrogen-bond acceptors (Lipinski definition) is 3. The predicted octanol–water partition coefficient (Wildman–Crippen LogP) is 2.22. The Morgan fingerprint density at radius 3 is 2.68 bits per heavy atom. The molecule has 7 heteroatoms. The standard InChI is InChI=1S/C12H14BrN3O2S/c1-9(10-4-3-5-11(13)8-10)15-19(17,18)12-6-7-14-16(12)2/h3-9,15H,1-2H3. The highest BCUT2D eigenvalue weighted by atomic mass is 79.9. The minimum Gasteiger partial charge on any atom is -0.256 e. The van der Waals surface area contributed by atoms with Gasteiger partial charge < -0.3 is 0 Å². The fourth-order valence-corrected chi connectivity index (χ4v) is 3.54. The summed E-state index contributed by atoms with van der Waals surface area (Å²) in [7, 11) is -1.98. The lowest BCUT2D eigenvalue weighted by Crippen LogP contribution is -2.28. The quantitative estimate of drug-likeness (QED) is 0.925. The summed E-state index contributed by atoms with van der Waals surface area (Å²) in [6.07, 6.45) is 1.46. The van der Waals surface area contributed by atoms with Gasteiger partial charge >= 0.3 is 0 Å². The summed E-state index contributed by atoms with van der Waals surface area (Å²) < 4.78 is 29.3. The van der Waals surface area contributed by atoms with E-state index < -0.39 is 10.0 Å². The van der Waals surface area contributed by atoms with Gasteiger partial charge in [0, 0.05) is 17.6 Å². The van der Waals surface area contributed by atoms with Crippen LogP contribution in [0.15, 0.2) is 46.0 Å². The fourth-order valence-electron chi connectivity index (χ4n) is 1.76. The highest BCUT2D eigenvalue weighted by Gasteiger charge is 2.21. The summed E-state index contributed by atoms with van der Waals surface area (Å²) in [5.74, 6) is 0. The monoisotopic (exact) mass is 343 g/mol. The Balaban J connectivity index is 2.24. The van der Waals surface area contributed by atoms with Gasteiger partial charge in [-0.05, 0) is 30.7 Å². The van der Waals surface area contributed by atoms with Crippen LogP contribution < -0.4 is 4.72 Å². The van der Waals surface area contributed by atoms with E-state index in [-0.39, 0.29) is 11.1 Å². The zero-order valence-electron chi connectivity index (χ0n) is 10.5. The predicted molar refractivity (Wildman–Crippen MR) is 76.1 cm³/mol. The zero-order valence-corrected chi connectivity index (χ0v) is 12.9. The molecule has 102 valence electrons. The van der Waals surface area contributed by atoms with Crippen molar-refractivity contribution in [1.82, 2.24) is 14.5 Å². The van der Waals surface area contributed by atoms with Gasteiger partial charge in [-0.25, -0.2) is 13.1 Å². The number of nitrogens with one attached hydrogen (secondary N) is 1. The van der Waals surface area contributed by atoms with E-state index in [0.29, 0.717) is 0 Å². The third-order valence-electron chi connectivity index (χ3n) is 2.73. The number of sulfonamides is 1. The molecule has 0 spiro atoms. The molecule has 0 bridgehead atoms. The van der Waals surface area contributed by atoms with Crippen molar-refractivity contribution < 1.29 is 8.42 Å². The molecule has 0 aliphatic carbocycles. The average molecular weight is 344 g/mol. The second-order valence-electron chi connectivity index (χ2n) is 4.19. The molecule has 5 nitrogen and oxygen atoms in total. The molecule has 1 atom stereocenters. The minimum atomic E-state index is -3.57. The van der Waals surface area contributed by atoms with Crippen LogP contribution in [0.2, 0.25) is 0 Å². The van der Waals surface area contributed by atoms with Gasteiger partial charge in [0.25, 0.3) is 10.0 Å². The Hall–Kier alpha value is -1.18. The highest BCUT2D eigenvalue weighted by Crippen LogP contribution is 2.20. The van der Waals surface area contributed by atoms with Gasteiger partial charge in [-0.3, -0.25) is 4.68 Å². The summed E-state index contributed by atoms with van der Waals surface area (Å²) in [6.45, 7) is 1.80. The maximum Gasteiger partial charge on any atom is 0.258 e. The Morgan fingerprint density at radius 2 is 2.11 bits per heavy atom. The van der Waals surface area contributed by atoms with E-state index >= 15 is 0 Å². The van der Waals surface area contributed by atoms with Gasteiger partial charge in [-0.2, -0.15) is 5.10 Å². The maximum absolute atomic E-state index is 12.2. The molecule has 0 aliphatic rings. The van der Waals surface area contributed by atoms with Crippen LogP contribution in [-0.4, -0.2) is 18.2 Å². The van der Waals surface area contributed by atoms with E-state index in [1.807, 2.05) is 24.3 Å². The Morgan fingerprint density at radius 1 is 1.37 bits per heavy atom. The third-order valence-corrected chi connectivity index (χ3v) is 4.84. The number of nitrogens with zero attached hydrogens (tertiary/aromatic N) is 2. The first-order valence-corrected chi connectivity index (χ1v) is 7.93. The maximum atomic E-state index is 12.2. The molecule has 1 heterocycles. The second kappa shape index (κ2) is 5.44. The topological polar surface area (TPSA) is 64.0 Å². The summed E-state index contributed by atoms with van der Waals surface area (Å²) in [5, 5.41) is 4.01. The fraction of sp³-hybridized carbons (Fsp3) is 0.250. The lowest BCUT2D eigenvalue weighted by Gasteiger charge is -2.14. The Bertz CT molecular complexity index is 682. The van der Waals surface area contributed by atoms with Gasteiger partial charge in [-0.15, -0.1) is 0 Å².